The first-order valence-corrected chi connectivity index (χ1v) is 14.6. The molecule has 0 radical (unpaired) electrons. The van der Waals surface area contributed by atoms with E-state index in [0.717, 1.165) is 15.4 Å². The first-order valence-electron chi connectivity index (χ1n) is 12.0. The Labute approximate surface area is 232 Å². The lowest BCUT2D eigenvalue weighted by atomic mass is 10.1. The molecule has 1 amide bonds. The summed E-state index contributed by atoms with van der Waals surface area (Å²) in [7, 11) is -4.09. The zero-order valence-corrected chi connectivity index (χ0v) is 23.0. The molecule has 0 fully saturated rings. The van der Waals surface area contributed by atoms with Crippen LogP contribution in [0.5, 0.6) is 5.75 Å². The maximum absolute atomic E-state index is 13.5. The molecule has 0 aliphatic heterocycles. The number of sulfonamides is 1. The molecule has 4 aromatic carbocycles. The van der Waals surface area contributed by atoms with E-state index in [1.807, 2.05) is 85.8 Å². The second-order valence-electron chi connectivity index (χ2n) is 8.29. The Morgan fingerprint density at radius 1 is 0.921 bits per heavy atom. The average molecular weight is 567 g/mol. The number of nitrogens with one attached hydrogen (secondary N) is 2. The molecule has 6 nitrogen and oxygen atoms in total. The zero-order valence-electron chi connectivity index (χ0n) is 20.6. The molecule has 0 saturated heterocycles. The molecule has 9 heteroatoms. The van der Waals surface area contributed by atoms with Gasteiger partial charge in [-0.3, -0.25) is 4.79 Å². The average Bonchev–Trinajstić information content (AvgIpc) is 2.91. The molecule has 0 aliphatic rings. The van der Waals surface area contributed by atoms with E-state index in [1.165, 1.54) is 30.0 Å². The Hall–Kier alpha value is -3.30. The Morgan fingerprint density at radius 2 is 1.58 bits per heavy atom. The van der Waals surface area contributed by atoms with Gasteiger partial charge in [-0.15, -0.1) is 0 Å². The van der Waals surface area contributed by atoms with Crippen LogP contribution in [0.25, 0.3) is 0 Å². The summed E-state index contributed by atoms with van der Waals surface area (Å²) in [6, 6.07) is 29.6. The van der Waals surface area contributed by atoms with Crippen LogP contribution in [-0.4, -0.2) is 27.0 Å². The fourth-order valence-corrected chi connectivity index (χ4v) is 6.15. The van der Waals surface area contributed by atoms with E-state index in [0.29, 0.717) is 18.0 Å². The van der Waals surface area contributed by atoms with E-state index in [-0.39, 0.29) is 16.3 Å². The number of para-hydroxylation sites is 1. The van der Waals surface area contributed by atoms with Crippen molar-refractivity contribution >= 4 is 45.0 Å². The summed E-state index contributed by atoms with van der Waals surface area (Å²) in [5.74, 6) is -0.0882. The number of benzene rings is 4. The number of rotatable bonds is 11. The minimum atomic E-state index is -4.09. The standard InChI is InChI=1S/C29H27ClN2O4S2/c1-2-36-27-18-17-23(20-24(27)30)38(34,35)32-26(19-21-11-5-3-6-12-21)29(33)31-25-15-9-10-16-28(25)37-22-13-7-4-8-14-22/h3-18,20,26,32H,2,19H2,1H3,(H,31,33)/t26-/m0/s1. The van der Waals surface area contributed by atoms with Crippen molar-refractivity contribution in [3.8, 4) is 5.75 Å². The summed E-state index contributed by atoms with van der Waals surface area (Å²) in [4.78, 5) is 15.3. The normalized spacial score (nSPS) is 12.1. The summed E-state index contributed by atoms with van der Waals surface area (Å²) < 4.78 is 34.6. The van der Waals surface area contributed by atoms with Crippen molar-refractivity contribution in [1.29, 1.82) is 0 Å². The lowest BCUT2D eigenvalue weighted by Crippen LogP contribution is -2.45. The van der Waals surface area contributed by atoms with Gasteiger partial charge in [0.15, 0.2) is 0 Å². The molecule has 0 spiro atoms. The third kappa shape index (κ3) is 7.39. The van der Waals surface area contributed by atoms with Crippen LogP contribution in [0.4, 0.5) is 5.69 Å². The van der Waals surface area contributed by atoms with E-state index in [2.05, 4.69) is 10.0 Å². The van der Waals surface area contributed by atoms with Gasteiger partial charge in [-0.05, 0) is 61.4 Å². The van der Waals surface area contributed by atoms with E-state index >= 15 is 0 Å². The highest BCUT2D eigenvalue weighted by Gasteiger charge is 2.27. The number of ether oxygens (including phenoxy) is 1. The highest BCUT2D eigenvalue weighted by Crippen LogP contribution is 2.33. The summed E-state index contributed by atoms with van der Waals surface area (Å²) in [5, 5.41) is 3.10. The number of anilines is 1. The lowest BCUT2D eigenvalue weighted by Gasteiger charge is -2.20. The molecule has 0 unspecified atom stereocenters. The van der Waals surface area contributed by atoms with Gasteiger partial charge in [-0.1, -0.05) is 84.0 Å². The maximum Gasteiger partial charge on any atom is 0.242 e. The van der Waals surface area contributed by atoms with Crippen LogP contribution in [0.1, 0.15) is 12.5 Å². The summed E-state index contributed by atoms with van der Waals surface area (Å²) in [6.45, 7) is 2.21. The van der Waals surface area contributed by atoms with Crippen molar-refractivity contribution in [3.63, 3.8) is 0 Å². The van der Waals surface area contributed by atoms with Gasteiger partial charge >= 0.3 is 0 Å². The Kier molecular flexibility index (Phi) is 9.47. The van der Waals surface area contributed by atoms with Crippen LogP contribution in [0.15, 0.2) is 118 Å². The molecule has 1 atom stereocenters. The largest absolute Gasteiger partial charge is 0.492 e. The van der Waals surface area contributed by atoms with Crippen molar-refractivity contribution in [2.75, 3.05) is 11.9 Å². The van der Waals surface area contributed by atoms with Crippen LogP contribution in [0, 0.1) is 0 Å². The van der Waals surface area contributed by atoms with Crippen molar-refractivity contribution in [3.05, 3.63) is 114 Å². The van der Waals surface area contributed by atoms with Crippen molar-refractivity contribution < 1.29 is 17.9 Å². The van der Waals surface area contributed by atoms with E-state index in [4.69, 9.17) is 16.3 Å². The Morgan fingerprint density at radius 3 is 2.26 bits per heavy atom. The summed E-state index contributed by atoms with van der Waals surface area (Å²) in [5.41, 5.74) is 1.40. The van der Waals surface area contributed by atoms with Crippen LogP contribution in [0.2, 0.25) is 5.02 Å². The monoisotopic (exact) mass is 566 g/mol. The molecule has 4 aromatic rings. The highest BCUT2D eigenvalue weighted by molar-refractivity contribution is 7.99. The molecule has 0 saturated carbocycles. The summed E-state index contributed by atoms with van der Waals surface area (Å²) in [6.07, 6.45) is 0.157. The molecule has 4 rings (SSSR count). The van der Waals surface area contributed by atoms with Crippen molar-refractivity contribution in [1.82, 2.24) is 4.72 Å². The van der Waals surface area contributed by atoms with Crippen LogP contribution < -0.4 is 14.8 Å². The first-order chi connectivity index (χ1) is 18.4. The van der Waals surface area contributed by atoms with E-state index in [1.54, 1.807) is 6.07 Å². The fourth-order valence-electron chi connectivity index (χ4n) is 3.71. The molecular weight excluding hydrogens is 540 g/mol. The second kappa shape index (κ2) is 13.0. The number of carbonyl (C=O) groups is 1. The lowest BCUT2D eigenvalue weighted by molar-refractivity contribution is -0.117. The third-order valence-corrected chi connectivity index (χ3v) is 8.37. The fraction of sp³-hybridized carbons (Fsp3) is 0.138. The smallest absolute Gasteiger partial charge is 0.242 e. The summed E-state index contributed by atoms with van der Waals surface area (Å²) >= 11 is 7.74. The van der Waals surface area contributed by atoms with Gasteiger partial charge in [0, 0.05) is 9.79 Å². The zero-order chi connectivity index (χ0) is 27.0. The molecule has 2 N–H and O–H groups in total. The molecular formula is C29H27ClN2O4S2. The quantitative estimate of drug-likeness (QED) is 0.219. The number of hydrogen-bond acceptors (Lipinski definition) is 5. The van der Waals surface area contributed by atoms with Crippen molar-refractivity contribution in [2.24, 2.45) is 0 Å². The Bertz CT molecular complexity index is 1480. The van der Waals surface area contributed by atoms with E-state index in [9.17, 15) is 13.2 Å². The van der Waals surface area contributed by atoms with Gasteiger partial charge < -0.3 is 10.1 Å². The van der Waals surface area contributed by atoms with Crippen molar-refractivity contribution in [2.45, 2.75) is 34.1 Å². The minimum Gasteiger partial charge on any atom is -0.492 e. The van der Waals surface area contributed by atoms with Gasteiger partial charge in [0.1, 0.15) is 11.8 Å². The molecule has 196 valence electrons. The number of halogens is 1. The van der Waals surface area contributed by atoms with Gasteiger partial charge in [-0.2, -0.15) is 4.72 Å². The van der Waals surface area contributed by atoms with Gasteiger partial charge in [0.25, 0.3) is 0 Å². The van der Waals surface area contributed by atoms with Crippen LogP contribution in [0.3, 0.4) is 0 Å². The SMILES string of the molecule is CCOc1ccc(S(=O)(=O)N[C@@H](Cc2ccccc2)C(=O)Nc2ccccc2Sc2ccccc2)cc1Cl. The maximum atomic E-state index is 13.5. The van der Waals surface area contributed by atoms with Crippen LogP contribution in [-0.2, 0) is 21.2 Å². The minimum absolute atomic E-state index is 0.0585. The third-order valence-electron chi connectivity index (χ3n) is 5.53. The van der Waals surface area contributed by atoms with E-state index < -0.39 is 22.0 Å². The molecule has 0 aromatic heterocycles. The van der Waals surface area contributed by atoms with Gasteiger partial charge in [0.2, 0.25) is 15.9 Å². The molecule has 0 aliphatic carbocycles. The predicted octanol–water partition coefficient (Wildman–Crippen LogP) is 6.42. The van der Waals surface area contributed by atoms with Crippen LogP contribution >= 0.6 is 23.4 Å². The van der Waals surface area contributed by atoms with Gasteiger partial charge in [0.05, 0.1) is 22.2 Å². The number of hydrogen-bond donors (Lipinski definition) is 2. The second-order valence-corrected chi connectivity index (χ2v) is 11.5. The number of carbonyl (C=O) groups excluding carboxylic acids is 1. The first kappa shape index (κ1) is 27.7. The predicted molar refractivity (Wildman–Crippen MR) is 153 cm³/mol. The Balaban J connectivity index is 1.60. The van der Waals surface area contributed by atoms with Gasteiger partial charge in [-0.25, -0.2) is 8.42 Å². The number of amides is 1. The highest BCUT2D eigenvalue weighted by atomic mass is 35.5. The molecule has 0 heterocycles. The molecule has 0 bridgehead atoms. The topological polar surface area (TPSA) is 84.5 Å². The molecule has 38 heavy (non-hydrogen) atoms.